The summed E-state index contributed by atoms with van der Waals surface area (Å²) in [5.41, 5.74) is 2.76. The molecule has 0 bridgehead atoms. The molecule has 1 unspecified atom stereocenters. The van der Waals surface area contributed by atoms with Crippen LogP contribution >= 0.6 is 27.3 Å². The predicted octanol–water partition coefficient (Wildman–Crippen LogP) is 5.43. The fourth-order valence-corrected chi connectivity index (χ4v) is 3.40. The highest BCUT2D eigenvalue weighted by Crippen LogP contribution is 2.33. The summed E-state index contributed by atoms with van der Waals surface area (Å²) >= 11 is 5.55. The number of benzene rings is 1. The molecule has 17 heavy (non-hydrogen) atoms. The molecule has 0 nitrogen and oxygen atoms in total. The highest BCUT2D eigenvalue weighted by atomic mass is 79.9. The Kier molecular flexibility index (Phi) is 4.41. The Morgan fingerprint density at radius 1 is 1.12 bits per heavy atom. The van der Waals surface area contributed by atoms with Gasteiger partial charge in [0.1, 0.15) is 0 Å². The summed E-state index contributed by atoms with van der Waals surface area (Å²) in [6.45, 7) is 4.51. The standard InChI is InChI=1S/C15H17BrS/c1-11(2)10-12-5-7-13(8-6-12)15(16)14-4-3-9-17-14/h3-9,11,15H,10H2,1-2H3. The maximum atomic E-state index is 3.76. The third kappa shape index (κ3) is 3.43. The molecule has 0 spiro atoms. The average molecular weight is 309 g/mol. The van der Waals surface area contributed by atoms with Crippen molar-refractivity contribution in [3.63, 3.8) is 0 Å². The fraction of sp³-hybridized carbons (Fsp3) is 0.333. The lowest BCUT2D eigenvalue weighted by Crippen LogP contribution is -1.95. The Morgan fingerprint density at radius 2 is 1.82 bits per heavy atom. The second kappa shape index (κ2) is 5.83. The first-order chi connectivity index (χ1) is 8.16. The minimum atomic E-state index is 0.329. The number of thiophene rings is 1. The van der Waals surface area contributed by atoms with E-state index in [-0.39, 0.29) is 0 Å². The van der Waals surface area contributed by atoms with E-state index in [2.05, 4.69) is 71.6 Å². The van der Waals surface area contributed by atoms with Crippen molar-refractivity contribution < 1.29 is 0 Å². The Labute approximate surface area is 116 Å². The molecule has 0 N–H and O–H groups in total. The number of alkyl halides is 1. The van der Waals surface area contributed by atoms with Crippen molar-refractivity contribution in [2.24, 2.45) is 5.92 Å². The van der Waals surface area contributed by atoms with Gasteiger partial charge in [0.15, 0.2) is 0 Å². The molecule has 0 amide bonds. The van der Waals surface area contributed by atoms with Crippen LogP contribution in [0.2, 0.25) is 0 Å². The van der Waals surface area contributed by atoms with Crippen LogP contribution in [0.4, 0.5) is 0 Å². The molecule has 1 heterocycles. The summed E-state index contributed by atoms with van der Waals surface area (Å²) < 4.78 is 0. The molecule has 1 aromatic carbocycles. The van der Waals surface area contributed by atoms with Crippen LogP contribution in [-0.2, 0) is 6.42 Å². The molecule has 2 rings (SSSR count). The fourth-order valence-electron chi connectivity index (χ4n) is 1.89. The topological polar surface area (TPSA) is 0 Å². The quantitative estimate of drug-likeness (QED) is 0.661. The lowest BCUT2D eigenvalue weighted by atomic mass is 10.0. The van der Waals surface area contributed by atoms with Gasteiger partial charge in [0.25, 0.3) is 0 Å². The summed E-state index contributed by atoms with van der Waals surface area (Å²) in [4.78, 5) is 1.69. The first kappa shape index (κ1) is 12.8. The minimum Gasteiger partial charge on any atom is -0.147 e. The van der Waals surface area contributed by atoms with Gasteiger partial charge >= 0.3 is 0 Å². The van der Waals surface area contributed by atoms with Crippen LogP contribution in [0.15, 0.2) is 41.8 Å². The average Bonchev–Trinajstić information content (AvgIpc) is 2.82. The van der Waals surface area contributed by atoms with Crippen LogP contribution < -0.4 is 0 Å². The molecular formula is C15H17BrS. The zero-order valence-corrected chi connectivity index (χ0v) is 12.6. The normalized spacial score (nSPS) is 12.9. The summed E-state index contributed by atoms with van der Waals surface area (Å²) in [7, 11) is 0. The van der Waals surface area contributed by atoms with Crippen molar-refractivity contribution in [1.82, 2.24) is 0 Å². The summed E-state index contributed by atoms with van der Waals surface area (Å²) in [5.74, 6) is 0.720. The van der Waals surface area contributed by atoms with Crippen LogP contribution in [0.5, 0.6) is 0 Å². The summed E-state index contributed by atoms with van der Waals surface area (Å²) in [6.07, 6.45) is 1.16. The van der Waals surface area contributed by atoms with Crippen LogP contribution in [0.25, 0.3) is 0 Å². The van der Waals surface area contributed by atoms with E-state index in [1.807, 2.05) is 0 Å². The van der Waals surface area contributed by atoms with Gasteiger partial charge in [-0.15, -0.1) is 11.3 Å². The molecule has 0 aliphatic carbocycles. The second-order valence-corrected chi connectivity index (χ2v) is 6.61. The first-order valence-corrected chi connectivity index (χ1v) is 7.72. The minimum absolute atomic E-state index is 0.329. The monoisotopic (exact) mass is 308 g/mol. The van der Waals surface area contributed by atoms with Gasteiger partial charge in [-0.1, -0.05) is 60.1 Å². The molecule has 0 fully saturated rings. The lowest BCUT2D eigenvalue weighted by Gasteiger charge is -2.10. The second-order valence-electron chi connectivity index (χ2n) is 4.72. The number of hydrogen-bond donors (Lipinski definition) is 0. The highest BCUT2D eigenvalue weighted by molar-refractivity contribution is 9.09. The molecule has 0 aliphatic heterocycles. The molecule has 1 aromatic heterocycles. The van der Waals surface area contributed by atoms with Crippen molar-refractivity contribution in [2.75, 3.05) is 0 Å². The molecule has 0 saturated carbocycles. The van der Waals surface area contributed by atoms with E-state index in [1.165, 1.54) is 16.0 Å². The van der Waals surface area contributed by atoms with Crippen LogP contribution in [0.1, 0.15) is 34.7 Å². The zero-order chi connectivity index (χ0) is 12.3. The SMILES string of the molecule is CC(C)Cc1ccc(C(Br)c2cccs2)cc1. The van der Waals surface area contributed by atoms with Crippen molar-refractivity contribution in [3.8, 4) is 0 Å². The van der Waals surface area contributed by atoms with E-state index in [0.717, 1.165) is 12.3 Å². The van der Waals surface area contributed by atoms with Gasteiger partial charge in [0, 0.05) is 4.88 Å². The third-order valence-corrected chi connectivity index (χ3v) is 4.97. The molecular weight excluding hydrogens is 292 g/mol. The van der Waals surface area contributed by atoms with Gasteiger partial charge in [0.2, 0.25) is 0 Å². The van der Waals surface area contributed by atoms with Crippen molar-refractivity contribution in [2.45, 2.75) is 25.1 Å². The van der Waals surface area contributed by atoms with E-state index in [1.54, 1.807) is 11.3 Å². The summed E-state index contributed by atoms with van der Waals surface area (Å²) in [6, 6.07) is 13.2. The van der Waals surface area contributed by atoms with Crippen LogP contribution in [-0.4, -0.2) is 0 Å². The largest absolute Gasteiger partial charge is 0.147 e. The Morgan fingerprint density at radius 3 is 2.35 bits per heavy atom. The Bertz CT molecular complexity index is 442. The smallest absolute Gasteiger partial charge is 0.0738 e. The van der Waals surface area contributed by atoms with Gasteiger partial charge < -0.3 is 0 Å². The van der Waals surface area contributed by atoms with E-state index in [4.69, 9.17) is 0 Å². The van der Waals surface area contributed by atoms with Crippen molar-refractivity contribution >= 4 is 27.3 Å². The molecule has 2 aromatic rings. The Hall–Kier alpha value is -0.600. The van der Waals surface area contributed by atoms with E-state index < -0.39 is 0 Å². The maximum absolute atomic E-state index is 3.76. The number of halogens is 1. The molecule has 90 valence electrons. The zero-order valence-electron chi connectivity index (χ0n) is 10.2. The van der Waals surface area contributed by atoms with Crippen LogP contribution in [0.3, 0.4) is 0 Å². The van der Waals surface area contributed by atoms with E-state index in [9.17, 15) is 0 Å². The van der Waals surface area contributed by atoms with Crippen LogP contribution in [0, 0.1) is 5.92 Å². The lowest BCUT2D eigenvalue weighted by molar-refractivity contribution is 0.647. The molecule has 0 aliphatic rings. The predicted molar refractivity (Wildman–Crippen MR) is 80.1 cm³/mol. The highest BCUT2D eigenvalue weighted by Gasteiger charge is 2.10. The van der Waals surface area contributed by atoms with Crippen molar-refractivity contribution in [1.29, 1.82) is 0 Å². The molecule has 0 radical (unpaired) electrons. The van der Waals surface area contributed by atoms with Gasteiger partial charge in [0.05, 0.1) is 4.83 Å². The van der Waals surface area contributed by atoms with E-state index >= 15 is 0 Å². The van der Waals surface area contributed by atoms with Gasteiger partial charge in [-0.2, -0.15) is 0 Å². The molecule has 2 heteroatoms. The number of hydrogen-bond acceptors (Lipinski definition) is 1. The molecule has 1 atom stereocenters. The molecule has 0 saturated heterocycles. The maximum Gasteiger partial charge on any atom is 0.0738 e. The van der Waals surface area contributed by atoms with E-state index in [0.29, 0.717) is 4.83 Å². The number of rotatable bonds is 4. The Balaban J connectivity index is 2.12. The van der Waals surface area contributed by atoms with Gasteiger partial charge in [-0.05, 0) is 34.9 Å². The third-order valence-electron chi connectivity index (χ3n) is 2.71. The summed E-state index contributed by atoms with van der Waals surface area (Å²) in [5, 5.41) is 2.12. The van der Waals surface area contributed by atoms with Crippen molar-refractivity contribution in [3.05, 3.63) is 57.8 Å². The first-order valence-electron chi connectivity index (χ1n) is 5.93. The van der Waals surface area contributed by atoms with Gasteiger partial charge in [-0.25, -0.2) is 0 Å². The van der Waals surface area contributed by atoms with Gasteiger partial charge in [-0.3, -0.25) is 0 Å².